The normalized spacial score (nSPS) is 17.6. The van der Waals surface area contributed by atoms with Gasteiger partial charge in [0.2, 0.25) is 5.91 Å². The molecular weight excluding hydrogens is 386 g/mol. The highest BCUT2D eigenvalue weighted by molar-refractivity contribution is 5.85. The Labute approximate surface area is 180 Å². The van der Waals surface area contributed by atoms with Crippen LogP contribution in [0.1, 0.15) is 43.8 Å². The zero-order valence-corrected chi connectivity index (χ0v) is 18.8. The highest BCUT2D eigenvalue weighted by atomic mass is 35.5. The predicted octanol–water partition coefficient (Wildman–Crippen LogP) is 2.44. The number of carbonyl (C=O) groups is 1. The lowest BCUT2D eigenvalue weighted by molar-refractivity contribution is -0.123. The number of halogens is 1. The van der Waals surface area contributed by atoms with Crippen LogP contribution in [0.4, 0.5) is 0 Å². The molecule has 1 aromatic carbocycles. The van der Waals surface area contributed by atoms with Crippen molar-refractivity contribution in [1.29, 1.82) is 0 Å². The number of nitrogens with one attached hydrogen (secondary N) is 2. The molecule has 0 bridgehead atoms. The summed E-state index contributed by atoms with van der Waals surface area (Å²) in [5.41, 5.74) is 2.75. The van der Waals surface area contributed by atoms with E-state index in [9.17, 15) is 4.79 Å². The SMILES string of the molecule is Cl.Cn1ccnc1C1CNCCN1CC(=O)NCCc1ccc(C(C)(C)C)cc1. The van der Waals surface area contributed by atoms with Gasteiger partial charge in [-0.15, -0.1) is 12.4 Å². The van der Waals surface area contributed by atoms with E-state index in [0.29, 0.717) is 13.1 Å². The van der Waals surface area contributed by atoms with E-state index in [-0.39, 0.29) is 29.8 Å². The number of nitrogens with zero attached hydrogens (tertiary/aromatic N) is 3. The molecule has 0 radical (unpaired) electrons. The van der Waals surface area contributed by atoms with Gasteiger partial charge >= 0.3 is 0 Å². The number of carbonyl (C=O) groups excluding carboxylic acids is 1. The Hall–Kier alpha value is -1.89. The fourth-order valence-electron chi connectivity index (χ4n) is 3.65. The number of hydrogen-bond acceptors (Lipinski definition) is 4. The standard InChI is InChI=1S/C22H33N5O.ClH/c1-22(2,3)18-7-5-17(6-8-18)9-10-24-20(28)16-27-14-11-23-15-19(27)21-25-12-13-26(21)4;/h5-8,12-13,19,23H,9-11,14-16H2,1-4H3,(H,24,28);1H. The van der Waals surface area contributed by atoms with Gasteiger partial charge in [0.15, 0.2) is 0 Å². The Morgan fingerprint density at radius 3 is 2.62 bits per heavy atom. The summed E-state index contributed by atoms with van der Waals surface area (Å²) in [6, 6.07) is 8.84. The summed E-state index contributed by atoms with van der Waals surface area (Å²) in [6.45, 7) is 10.3. The Balaban J connectivity index is 0.00000300. The van der Waals surface area contributed by atoms with Crippen molar-refractivity contribution >= 4 is 18.3 Å². The van der Waals surface area contributed by atoms with E-state index in [1.807, 2.05) is 24.0 Å². The van der Waals surface area contributed by atoms with Crippen molar-refractivity contribution in [3.8, 4) is 0 Å². The van der Waals surface area contributed by atoms with E-state index in [1.54, 1.807) is 0 Å². The molecule has 1 saturated heterocycles. The van der Waals surface area contributed by atoms with Gasteiger partial charge in [0.25, 0.3) is 0 Å². The van der Waals surface area contributed by atoms with Gasteiger partial charge in [0.1, 0.15) is 5.82 Å². The first-order chi connectivity index (χ1) is 13.3. The molecule has 1 unspecified atom stereocenters. The highest BCUT2D eigenvalue weighted by Crippen LogP contribution is 2.22. The number of hydrogen-bond donors (Lipinski definition) is 2. The Bertz CT molecular complexity index is 781. The second-order valence-electron chi connectivity index (χ2n) is 8.63. The molecule has 1 aromatic heterocycles. The third kappa shape index (κ3) is 6.29. The number of piperazine rings is 1. The van der Waals surface area contributed by atoms with Gasteiger partial charge in [0.05, 0.1) is 12.6 Å². The number of imidazole rings is 1. The maximum atomic E-state index is 12.5. The summed E-state index contributed by atoms with van der Waals surface area (Å²) in [4.78, 5) is 19.2. The van der Waals surface area contributed by atoms with Crippen LogP contribution in [0.3, 0.4) is 0 Å². The zero-order valence-electron chi connectivity index (χ0n) is 17.9. The molecule has 6 nitrogen and oxygen atoms in total. The molecule has 0 saturated carbocycles. The van der Waals surface area contributed by atoms with Crippen LogP contribution in [0.5, 0.6) is 0 Å². The Morgan fingerprint density at radius 2 is 2.00 bits per heavy atom. The van der Waals surface area contributed by atoms with Gasteiger partial charge < -0.3 is 15.2 Å². The average Bonchev–Trinajstić information content (AvgIpc) is 3.08. The van der Waals surface area contributed by atoms with E-state index in [1.165, 1.54) is 11.1 Å². The summed E-state index contributed by atoms with van der Waals surface area (Å²) in [5.74, 6) is 1.08. The quantitative estimate of drug-likeness (QED) is 0.754. The summed E-state index contributed by atoms with van der Waals surface area (Å²) >= 11 is 0. The predicted molar refractivity (Wildman–Crippen MR) is 119 cm³/mol. The molecule has 29 heavy (non-hydrogen) atoms. The molecule has 2 N–H and O–H groups in total. The molecule has 1 fully saturated rings. The fourth-order valence-corrected chi connectivity index (χ4v) is 3.65. The Morgan fingerprint density at radius 1 is 1.28 bits per heavy atom. The highest BCUT2D eigenvalue weighted by Gasteiger charge is 2.28. The van der Waals surface area contributed by atoms with Crippen LogP contribution < -0.4 is 10.6 Å². The summed E-state index contributed by atoms with van der Waals surface area (Å²) in [5, 5.41) is 6.48. The zero-order chi connectivity index (χ0) is 20.1. The smallest absolute Gasteiger partial charge is 0.234 e. The molecule has 2 heterocycles. The van der Waals surface area contributed by atoms with Crippen LogP contribution in [0.25, 0.3) is 0 Å². The lowest BCUT2D eigenvalue weighted by Gasteiger charge is -2.35. The van der Waals surface area contributed by atoms with Crippen LogP contribution in [0.2, 0.25) is 0 Å². The van der Waals surface area contributed by atoms with Gasteiger partial charge in [0, 0.05) is 45.6 Å². The molecule has 7 heteroatoms. The van der Waals surface area contributed by atoms with Crippen molar-refractivity contribution in [1.82, 2.24) is 25.1 Å². The third-order valence-electron chi connectivity index (χ3n) is 5.41. The first-order valence-corrected chi connectivity index (χ1v) is 10.1. The summed E-state index contributed by atoms with van der Waals surface area (Å²) < 4.78 is 2.03. The summed E-state index contributed by atoms with van der Waals surface area (Å²) in [6.07, 6.45) is 4.61. The van der Waals surface area contributed by atoms with E-state index in [0.717, 1.165) is 31.9 Å². The lowest BCUT2D eigenvalue weighted by atomic mass is 9.86. The van der Waals surface area contributed by atoms with E-state index in [4.69, 9.17) is 0 Å². The molecule has 3 rings (SSSR count). The average molecular weight is 420 g/mol. The number of aryl methyl sites for hydroxylation is 1. The van der Waals surface area contributed by atoms with Crippen molar-refractivity contribution in [3.05, 3.63) is 53.6 Å². The van der Waals surface area contributed by atoms with Gasteiger partial charge in [-0.2, -0.15) is 0 Å². The number of rotatable bonds is 6. The molecule has 2 aromatic rings. The van der Waals surface area contributed by atoms with Crippen molar-refractivity contribution in [3.63, 3.8) is 0 Å². The second kappa shape index (κ2) is 10.2. The minimum atomic E-state index is 0. The first-order valence-electron chi connectivity index (χ1n) is 10.1. The molecule has 0 spiro atoms. The molecule has 0 aliphatic carbocycles. The largest absolute Gasteiger partial charge is 0.355 e. The van der Waals surface area contributed by atoms with Crippen LogP contribution in [0.15, 0.2) is 36.7 Å². The van der Waals surface area contributed by atoms with Gasteiger partial charge in [-0.3, -0.25) is 9.69 Å². The Kier molecular flexibility index (Phi) is 8.25. The number of amides is 1. The van der Waals surface area contributed by atoms with Crippen molar-refractivity contribution < 1.29 is 4.79 Å². The van der Waals surface area contributed by atoms with Gasteiger partial charge in [-0.1, -0.05) is 45.0 Å². The van der Waals surface area contributed by atoms with E-state index < -0.39 is 0 Å². The topological polar surface area (TPSA) is 62.2 Å². The van der Waals surface area contributed by atoms with Crippen LogP contribution >= 0.6 is 12.4 Å². The number of aromatic nitrogens is 2. The summed E-state index contributed by atoms with van der Waals surface area (Å²) in [7, 11) is 2.00. The minimum Gasteiger partial charge on any atom is -0.355 e. The second-order valence-corrected chi connectivity index (χ2v) is 8.63. The number of benzene rings is 1. The van der Waals surface area contributed by atoms with Crippen molar-refractivity contribution in [2.75, 3.05) is 32.7 Å². The van der Waals surface area contributed by atoms with Crippen molar-refractivity contribution in [2.24, 2.45) is 7.05 Å². The van der Waals surface area contributed by atoms with Crippen LogP contribution in [-0.4, -0.2) is 53.1 Å². The minimum absolute atomic E-state index is 0. The van der Waals surface area contributed by atoms with E-state index in [2.05, 4.69) is 65.6 Å². The molecular formula is C22H34ClN5O. The lowest BCUT2D eigenvalue weighted by Crippen LogP contribution is -2.50. The van der Waals surface area contributed by atoms with Gasteiger partial charge in [-0.25, -0.2) is 4.98 Å². The van der Waals surface area contributed by atoms with Crippen molar-refractivity contribution in [2.45, 2.75) is 38.6 Å². The maximum absolute atomic E-state index is 12.5. The third-order valence-corrected chi connectivity index (χ3v) is 5.41. The molecule has 1 aliphatic heterocycles. The maximum Gasteiger partial charge on any atom is 0.234 e. The monoisotopic (exact) mass is 419 g/mol. The molecule has 1 aliphatic rings. The molecule has 1 atom stereocenters. The first kappa shape index (κ1) is 23.4. The molecule has 160 valence electrons. The van der Waals surface area contributed by atoms with Crippen LogP contribution in [-0.2, 0) is 23.7 Å². The van der Waals surface area contributed by atoms with Crippen LogP contribution in [0, 0.1) is 0 Å². The van der Waals surface area contributed by atoms with E-state index >= 15 is 0 Å². The molecule has 1 amide bonds. The van der Waals surface area contributed by atoms with Gasteiger partial charge in [-0.05, 0) is 23.0 Å². The fraction of sp³-hybridized carbons (Fsp3) is 0.545.